The number of benzene rings is 2. The van der Waals surface area contributed by atoms with Crippen molar-refractivity contribution in [3.8, 4) is 0 Å². The lowest BCUT2D eigenvalue weighted by Crippen LogP contribution is -2.28. The Hall–Kier alpha value is -3.17. The fourth-order valence-corrected chi connectivity index (χ4v) is 4.21. The molecule has 1 aliphatic carbocycles. The summed E-state index contributed by atoms with van der Waals surface area (Å²) in [6.07, 6.45) is 5.71. The molecule has 4 rings (SSSR count). The predicted octanol–water partition coefficient (Wildman–Crippen LogP) is 3.42. The maximum atomic E-state index is 11.1. The van der Waals surface area contributed by atoms with E-state index in [2.05, 4.69) is 26.9 Å². The van der Waals surface area contributed by atoms with Crippen molar-refractivity contribution < 1.29 is 4.92 Å². The molecule has 2 aromatic carbocycles. The Kier molecular flexibility index (Phi) is 6.63. The second-order valence-electron chi connectivity index (χ2n) is 7.96. The van der Waals surface area contributed by atoms with E-state index in [1.807, 2.05) is 22.9 Å². The fraction of sp³-hybridized carbons (Fsp3) is 0.409. The number of hydrogen-bond donors (Lipinski definition) is 2. The number of hydrogen-bond acceptors (Lipinski definition) is 7. The molecule has 1 aliphatic rings. The molecule has 9 nitrogen and oxygen atoms in total. The van der Waals surface area contributed by atoms with E-state index in [9.17, 15) is 10.1 Å². The summed E-state index contributed by atoms with van der Waals surface area (Å²) in [4.78, 5) is 10.7. The summed E-state index contributed by atoms with van der Waals surface area (Å²) >= 11 is 0. The summed E-state index contributed by atoms with van der Waals surface area (Å²) < 4.78 is 1.94. The second-order valence-corrected chi connectivity index (χ2v) is 7.96. The van der Waals surface area contributed by atoms with Crippen LogP contribution < -0.4 is 11.1 Å². The quantitative estimate of drug-likeness (QED) is 0.422. The van der Waals surface area contributed by atoms with Crippen LogP contribution >= 0.6 is 0 Å². The van der Waals surface area contributed by atoms with Gasteiger partial charge < -0.3 is 5.73 Å². The Morgan fingerprint density at radius 3 is 2.58 bits per heavy atom. The van der Waals surface area contributed by atoms with Gasteiger partial charge in [0.05, 0.1) is 17.0 Å². The largest absolute Gasteiger partial charge is 0.326 e. The molecule has 162 valence electrons. The number of aromatic nitrogens is 4. The molecule has 1 saturated carbocycles. The van der Waals surface area contributed by atoms with E-state index in [-0.39, 0.29) is 17.8 Å². The molecule has 0 saturated heterocycles. The Labute approximate surface area is 180 Å². The third kappa shape index (κ3) is 4.95. The van der Waals surface area contributed by atoms with Crippen LogP contribution in [0.25, 0.3) is 0 Å². The first-order valence-electron chi connectivity index (χ1n) is 10.7. The van der Waals surface area contributed by atoms with Gasteiger partial charge in [-0.3, -0.25) is 15.4 Å². The van der Waals surface area contributed by atoms with Crippen LogP contribution in [0.2, 0.25) is 0 Å². The molecule has 0 spiro atoms. The van der Waals surface area contributed by atoms with E-state index < -0.39 is 4.92 Å². The third-order valence-electron chi connectivity index (χ3n) is 5.87. The highest BCUT2D eigenvalue weighted by Gasteiger charge is 2.26. The molecule has 1 unspecified atom stereocenters. The number of nitrogens with one attached hydrogen (secondary N) is 1. The van der Waals surface area contributed by atoms with Crippen molar-refractivity contribution in [1.82, 2.24) is 25.5 Å². The number of nitro groups is 1. The molecule has 0 amide bonds. The molecule has 1 heterocycles. The lowest BCUT2D eigenvalue weighted by molar-refractivity contribution is -0.384. The SMILES string of the molecule is NCc1cccc(CNC(c2ccc([N+](=O)[O-])cc2)c2nnnn2C2CCCCC2)c1. The number of non-ortho nitro benzene ring substituents is 1. The highest BCUT2D eigenvalue weighted by atomic mass is 16.6. The van der Waals surface area contributed by atoms with Crippen LogP contribution in [0.15, 0.2) is 48.5 Å². The van der Waals surface area contributed by atoms with Gasteiger partial charge in [0.25, 0.3) is 5.69 Å². The summed E-state index contributed by atoms with van der Waals surface area (Å²) in [7, 11) is 0. The van der Waals surface area contributed by atoms with Crippen molar-refractivity contribution >= 4 is 5.69 Å². The molecule has 31 heavy (non-hydrogen) atoms. The van der Waals surface area contributed by atoms with Gasteiger partial charge in [0, 0.05) is 25.2 Å². The van der Waals surface area contributed by atoms with Crippen LogP contribution in [0.3, 0.4) is 0 Å². The monoisotopic (exact) mass is 421 g/mol. The molecule has 1 fully saturated rings. The number of nitro benzene ring substituents is 1. The van der Waals surface area contributed by atoms with Gasteiger partial charge in [-0.2, -0.15) is 0 Å². The van der Waals surface area contributed by atoms with E-state index >= 15 is 0 Å². The summed E-state index contributed by atoms with van der Waals surface area (Å²) in [5.74, 6) is 0.732. The number of nitrogens with two attached hydrogens (primary N) is 1. The molecule has 3 aromatic rings. The van der Waals surface area contributed by atoms with Gasteiger partial charge in [-0.05, 0) is 40.0 Å². The van der Waals surface area contributed by atoms with Crippen molar-refractivity contribution in [2.75, 3.05) is 0 Å². The second kappa shape index (κ2) is 9.76. The molecule has 0 bridgehead atoms. The van der Waals surface area contributed by atoms with E-state index in [0.717, 1.165) is 35.4 Å². The minimum Gasteiger partial charge on any atom is -0.326 e. The van der Waals surface area contributed by atoms with Gasteiger partial charge >= 0.3 is 0 Å². The fourth-order valence-electron chi connectivity index (χ4n) is 4.21. The van der Waals surface area contributed by atoms with Crippen molar-refractivity contribution in [2.24, 2.45) is 5.73 Å². The first-order chi connectivity index (χ1) is 15.2. The normalized spacial score (nSPS) is 15.6. The van der Waals surface area contributed by atoms with Crippen LogP contribution in [0.1, 0.15) is 66.7 Å². The molecule has 0 aliphatic heterocycles. The van der Waals surface area contributed by atoms with Gasteiger partial charge in [0.2, 0.25) is 0 Å². The maximum absolute atomic E-state index is 11.1. The lowest BCUT2D eigenvalue weighted by Gasteiger charge is -2.25. The minimum atomic E-state index is -0.392. The average Bonchev–Trinajstić information content (AvgIpc) is 3.30. The molecular formula is C22H27N7O2. The van der Waals surface area contributed by atoms with Crippen molar-refractivity contribution in [2.45, 2.75) is 57.3 Å². The van der Waals surface area contributed by atoms with E-state index in [0.29, 0.717) is 13.1 Å². The van der Waals surface area contributed by atoms with Crippen LogP contribution in [-0.4, -0.2) is 25.1 Å². The number of rotatable bonds is 8. The van der Waals surface area contributed by atoms with Gasteiger partial charge in [-0.25, -0.2) is 4.68 Å². The van der Waals surface area contributed by atoms with Crippen molar-refractivity contribution in [1.29, 1.82) is 0 Å². The highest BCUT2D eigenvalue weighted by Crippen LogP contribution is 2.31. The first-order valence-corrected chi connectivity index (χ1v) is 10.7. The molecule has 1 atom stereocenters. The third-order valence-corrected chi connectivity index (χ3v) is 5.87. The molecular weight excluding hydrogens is 394 g/mol. The molecule has 9 heteroatoms. The minimum absolute atomic E-state index is 0.0602. The Bertz CT molecular complexity index is 1010. The first kappa shape index (κ1) is 21.1. The van der Waals surface area contributed by atoms with Crippen LogP contribution in [0.5, 0.6) is 0 Å². The zero-order valence-corrected chi connectivity index (χ0v) is 17.4. The average molecular weight is 422 g/mol. The number of tetrazole rings is 1. The van der Waals surface area contributed by atoms with Gasteiger partial charge in [-0.15, -0.1) is 5.10 Å². The smallest absolute Gasteiger partial charge is 0.269 e. The van der Waals surface area contributed by atoms with Gasteiger partial charge in [-0.1, -0.05) is 55.7 Å². The van der Waals surface area contributed by atoms with E-state index in [1.165, 1.54) is 31.4 Å². The summed E-state index contributed by atoms with van der Waals surface area (Å²) in [6, 6.07) is 14.7. The van der Waals surface area contributed by atoms with Crippen LogP contribution in [0.4, 0.5) is 5.69 Å². The molecule has 3 N–H and O–H groups in total. The predicted molar refractivity (Wildman–Crippen MR) is 116 cm³/mol. The maximum Gasteiger partial charge on any atom is 0.269 e. The standard InChI is InChI=1S/C22H27N7O2/c23-14-16-5-4-6-17(13-16)15-24-21(18-9-11-20(12-10-18)29(30)31)22-25-26-27-28(22)19-7-2-1-3-8-19/h4-6,9-13,19,21,24H,1-3,7-8,14-15,23H2. The van der Waals surface area contributed by atoms with Crippen molar-refractivity contribution in [3.05, 3.63) is 81.2 Å². The zero-order chi connectivity index (χ0) is 21.6. The van der Waals surface area contributed by atoms with Gasteiger partial charge in [0.1, 0.15) is 0 Å². The zero-order valence-electron chi connectivity index (χ0n) is 17.4. The highest BCUT2D eigenvalue weighted by molar-refractivity contribution is 5.36. The van der Waals surface area contributed by atoms with Crippen LogP contribution in [-0.2, 0) is 13.1 Å². The van der Waals surface area contributed by atoms with E-state index in [1.54, 1.807) is 12.1 Å². The van der Waals surface area contributed by atoms with Crippen molar-refractivity contribution in [3.63, 3.8) is 0 Å². The summed E-state index contributed by atoms with van der Waals surface area (Å²) in [5.41, 5.74) is 8.89. The summed E-state index contributed by atoms with van der Waals surface area (Å²) in [5, 5.41) is 27.3. The Balaban J connectivity index is 1.64. The van der Waals surface area contributed by atoms with E-state index in [4.69, 9.17) is 5.73 Å². The summed E-state index contributed by atoms with van der Waals surface area (Å²) in [6.45, 7) is 1.08. The molecule has 1 aromatic heterocycles. The van der Waals surface area contributed by atoms with Crippen LogP contribution in [0, 0.1) is 10.1 Å². The number of nitrogens with zero attached hydrogens (tertiary/aromatic N) is 5. The Morgan fingerprint density at radius 1 is 1.13 bits per heavy atom. The molecule has 0 radical (unpaired) electrons. The topological polar surface area (TPSA) is 125 Å². The van der Waals surface area contributed by atoms with Gasteiger partial charge in [0.15, 0.2) is 5.82 Å². The lowest BCUT2D eigenvalue weighted by atomic mass is 9.95. The Morgan fingerprint density at radius 2 is 1.87 bits per heavy atom.